The molecule has 9 nitrogen and oxygen atoms in total. The standard InChI is InChI=1S/C17H10N8O/c1-21-13-7-25-14-5-10(23-16(26)22-2)3-4-12(14)17(8-19,9-20)24-15(25)11(13)6-18/h3-5,7,24H,2H3,(H2,22,23,26). The lowest BCUT2D eigenvalue weighted by molar-refractivity contribution is 0.254. The van der Waals surface area contributed by atoms with Crippen LogP contribution in [0.5, 0.6) is 0 Å². The van der Waals surface area contributed by atoms with Gasteiger partial charge in [-0.1, -0.05) is 6.07 Å². The number of anilines is 2. The van der Waals surface area contributed by atoms with Crippen LogP contribution in [0.1, 0.15) is 11.1 Å². The van der Waals surface area contributed by atoms with Crippen molar-refractivity contribution >= 4 is 23.2 Å². The van der Waals surface area contributed by atoms with E-state index in [0.717, 1.165) is 0 Å². The van der Waals surface area contributed by atoms with Crippen LogP contribution in [-0.2, 0) is 5.54 Å². The first-order chi connectivity index (χ1) is 12.5. The molecule has 124 valence electrons. The number of hydrogen-bond donors (Lipinski definition) is 3. The zero-order chi connectivity index (χ0) is 18.9. The van der Waals surface area contributed by atoms with E-state index in [0.29, 0.717) is 16.9 Å². The average molecular weight is 342 g/mol. The van der Waals surface area contributed by atoms with Crippen molar-refractivity contribution in [3.63, 3.8) is 0 Å². The van der Waals surface area contributed by atoms with Crippen molar-refractivity contribution in [2.24, 2.45) is 0 Å². The van der Waals surface area contributed by atoms with Gasteiger partial charge in [-0.2, -0.15) is 15.8 Å². The number of nitrogens with one attached hydrogen (secondary N) is 3. The lowest BCUT2D eigenvalue weighted by atomic mass is 9.89. The van der Waals surface area contributed by atoms with Gasteiger partial charge in [-0.25, -0.2) is 9.64 Å². The highest BCUT2D eigenvalue weighted by Crippen LogP contribution is 2.43. The van der Waals surface area contributed by atoms with Gasteiger partial charge < -0.3 is 20.5 Å². The second-order valence-electron chi connectivity index (χ2n) is 5.37. The summed E-state index contributed by atoms with van der Waals surface area (Å²) in [5, 5.41) is 36.5. The number of carbonyl (C=O) groups is 1. The average Bonchev–Trinajstić information content (AvgIpc) is 3.04. The van der Waals surface area contributed by atoms with E-state index in [1.165, 1.54) is 17.8 Å². The maximum atomic E-state index is 11.6. The topological polar surface area (TPSA) is 134 Å². The smallest absolute Gasteiger partial charge is 0.318 e. The third-order valence-corrected chi connectivity index (χ3v) is 4.01. The van der Waals surface area contributed by atoms with Crippen LogP contribution in [-0.4, -0.2) is 17.6 Å². The molecule has 1 aliphatic heterocycles. The lowest BCUT2D eigenvalue weighted by Gasteiger charge is -2.31. The van der Waals surface area contributed by atoms with E-state index in [1.54, 1.807) is 18.2 Å². The molecule has 3 N–H and O–H groups in total. The highest BCUT2D eigenvalue weighted by molar-refractivity contribution is 5.90. The SMILES string of the molecule is [C-]#[N+]c1cn2c(c1C#N)NC(C#N)(C#N)c1ccc(NC(=O)NC)cc1-2. The van der Waals surface area contributed by atoms with Gasteiger partial charge in [-0.15, -0.1) is 0 Å². The first-order valence-corrected chi connectivity index (χ1v) is 7.30. The molecule has 2 aromatic rings. The molecule has 0 spiro atoms. The Morgan fingerprint density at radius 2 is 2.08 bits per heavy atom. The molecule has 0 saturated carbocycles. The molecular formula is C17H10N8O. The summed E-state index contributed by atoms with van der Waals surface area (Å²) >= 11 is 0. The van der Waals surface area contributed by atoms with Gasteiger partial charge in [0.05, 0.1) is 18.3 Å². The molecule has 9 heteroatoms. The van der Waals surface area contributed by atoms with Gasteiger partial charge >= 0.3 is 6.03 Å². The van der Waals surface area contributed by atoms with Crippen LogP contribution in [0.3, 0.4) is 0 Å². The van der Waals surface area contributed by atoms with Gasteiger partial charge in [0.1, 0.15) is 23.5 Å². The summed E-state index contributed by atoms with van der Waals surface area (Å²) in [4.78, 5) is 14.9. The number of benzene rings is 1. The predicted molar refractivity (Wildman–Crippen MR) is 91.4 cm³/mol. The van der Waals surface area contributed by atoms with Gasteiger partial charge in [-0.3, -0.25) is 0 Å². The molecule has 1 aromatic carbocycles. The van der Waals surface area contributed by atoms with Crippen LogP contribution in [0.25, 0.3) is 10.5 Å². The van der Waals surface area contributed by atoms with E-state index in [4.69, 9.17) is 6.57 Å². The van der Waals surface area contributed by atoms with Crippen molar-refractivity contribution in [2.45, 2.75) is 5.54 Å². The molecule has 2 amide bonds. The second-order valence-corrected chi connectivity index (χ2v) is 5.37. The molecule has 2 heterocycles. The van der Waals surface area contributed by atoms with Crippen molar-refractivity contribution in [3.05, 3.63) is 46.9 Å². The van der Waals surface area contributed by atoms with Crippen LogP contribution in [0, 0.1) is 40.6 Å². The zero-order valence-electron chi connectivity index (χ0n) is 13.5. The number of carbonyl (C=O) groups excluding carboxylic acids is 1. The molecule has 0 radical (unpaired) electrons. The van der Waals surface area contributed by atoms with E-state index in [2.05, 4.69) is 20.8 Å². The Kier molecular flexibility index (Phi) is 3.70. The highest BCUT2D eigenvalue weighted by Gasteiger charge is 2.41. The minimum absolute atomic E-state index is 0.0465. The van der Waals surface area contributed by atoms with Crippen molar-refractivity contribution < 1.29 is 4.79 Å². The monoisotopic (exact) mass is 342 g/mol. The molecule has 0 unspecified atom stereocenters. The summed E-state index contributed by atoms with van der Waals surface area (Å²) in [5.74, 6) is 0.186. The molecule has 3 rings (SSSR count). The minimum Gasteiger partial charge on any atom is -0.341 e. The Bertz CT molecular complexity index is 1090. The number of nitriles is 3. The summed E-state index contributed by atoms with van der Waals surface area (Å²) in [6.07, 6.45) is 1.45. The van der Waals surface area contributed by atoms with E-state index < -0.39 is 11.6 Å². The first-order valence-electron chi connectivity index (χ1n) is 7.30. The summed E-state index contributed by atoms with van der Waals surface area (Å²) in [6.45, 7) is 7.24. The fraction of sp³-hybridized carbons (Fsp3) is 0.118. The third-order valence-electron chi connectivity index (χ3n) is 4.01. The van der Waals surface area contributed by atoms with Crippen LogP contribution in [0.2, 0.25) is 0 Å². The maximum Gasteiger partial charge on any atom is 0.318 e. The second kappa shape index (κ2) is 5.87. The minimum atomic E-state index is -1.72. The number of hydrogen-bond acceptors (Lipinski definition) is 5. The molecule has 0 aliphatic carbocycles. The Hall–Kier alpha value is -4.47. The van der Waals surface area contributed by atoms with E-state index in [-0.39, 0.29) is 17.1 Å². The van der Waals surface area contributed by atoms with Gasteiger partial charge in [0, 0.05) is 24.5 Å². The quantitative estimate of drug-likeness (QED) is 0.684. The van der Waals surface area contributed by atoms with Crippen LogP contribution >= 0.6 is 0 Å². The van der Waals surface area contributed by atoms with Gasteiger partial charge in [-0.05, 0) is 12.1 Å². The number of amides is 2. The highest BCUT2D eigenvalue weighted by atomic mass is 16.2. The summed E-state index contributed by atoms with van der Waals surface area (Å²) in [6, 6.07) is 10.1. The number of aromatic nitrogens is 1. The van der Waals surface area contributed by atoms with Crippen LogP contribution in [0.15, 0.2) is 24.4 Å². The van der Waals surface area contributed by atoms with Crippen molar-refractivity contribution in [3.8, 4) is 23.9 Å². The normalized spacial score (nSPS) is 12.7. The number of rotatable bonds is 1. The zero-order valence-corrected chi connectivity index (χ0v) is 13.5. The molecular weight excluding hydrogens is 332 g/mol. The largest absolute Gasteiger partial charge is 0.341 e. The van der Waals surface area contributed by atoms with Crippen LogP contribution in [0.4, 0.5) is 22.0 Å². The molecule has 1 aliphatic rings. The number of nitrogens with zero attached hydrogens (tertiary/aromatic N) is 5. The maximum absolute atomic E-state index is 11.6. The van der Waals surface area contributed by atoms with Gasteiger partial charge in [0.15, 0.2) is 0 Å². The summed E-state index contributed by atoms with van der Waals surface area (Å²) < 4.78 is 1.53. The molecule has 0 atom stereocenters. The van der Waals surface area contributed by atoms with Gasteiger partial charge in [0.25, 0.3) is 0 Å². The number of urea groups is 1. The molecule has 0 saturated heterocycles. The third kappa shape index (κ3) is 2.17. The summed E-state index contributed by atoms with van der Waals surface area (Å²) in [5.41, 5.74) is -0.379. The fourth-order valence-corrected chi connectivity index (χ4v) is 2.77. The van der Waals surface area contributed by atoms with E-state index >= 15 is 0 Å². The Balaban J connectivity index is 2.31. The van der Waals surface area contributed by atoms with Crippen molar-refractivity contribution in [2.75, 3.05) is 17.7 Å². The van der Waals surface area contributed by atoms with E-state index in [9.17, 15) is 20.6 Å². The van der Waals surface area contributed by atoms with E-state index in [1.807, 2.05) is 18.2 Å². The van der Waals surface area contributed by atoms with Gasteiger partial charge in [0.2, 0.25) is 11.2 Å². The Labute approximate surface area is 148 Å². The molecule has 0 bridgehead atoms. The number of fused-ring (bicyclic) bond motifs is 3. The fourth-order valence-electron chi connectivity index (χ4n) is 2.77. The van der Waals surface area contributed by atoms with Crippen LogP contribution < -0.4 is 16.0 Å². The van der Waals surface area contributed by atoms with Crippen molar-refractivity contribution in [1.82, 2.24) is 9.88 Å². The Morgan fingerprint density at radius 3 is 2.65 bits per heavy atom. The molecule has 0 fully saturated rings. The molecule has 26 heavy (non-hydrogen) atoms. The summed E-state index contributed by atoms with van der Waals surface area (Å²) in [7, 11) is 1.47. The Morgan fingerprint density at radius 1 is 1.35 bits per heavy atom. The lowest BCUT2D eigenvalue weighted by Crippen LogP contribution is -2.37. The van der Waals surface area contributed by atoms with Crippen molar-refractivity contribution in [1.29, 1.82) is 15.8 Å². The predicted octanol–water partition coefficient (Wildman–Crippen LogP) is 2.32. The molecule has 1 aromatic heterocycles. The first kappa shape index (κ1) is 16.4.